The summed E-state index contributed by atoms with van der Waals surface area (Å²) in [5.41, 5.74) is 0.402. The third kappa shape index (κ3) is 4.02. The third-order valence-corrected chi connectivity index (χ3v) is 4.33. The minimum atomic E-state index is -1.02. The van der Waals surface area contributed by atoms with Crippen LogP contribution in [0, 0.1) is 0 Å². The van der Waals surface area contributed by atoms with E-state index in [9.17, 15) is 9.90 Å². The number of aliphatic hydroxyl groups is 1. The summed E-state index contributed by atoms with van der Waals surface area (Å²) >= 11 is 6.21. The fourth-order valence-electron chi connectivity index (χ4n) is 2.67. The van der Waals surface area contributed by atoms with Crippen LogP contribution < -0.4 is 10.1 Å². The molecule has 30 heavy (non-hydrogen) atoms. The Labute approximate surface area is 174 Å². The second-order valence-electron chi connectivity index (χ2n) is 5.98. The summed E-state index contributed by atoms with van der Waals surface area (Å²) in [7, 11) is 0. The van der Waals surface area contributed by atoms with Crippen molar-refractivity contribution in [2.45, 2.75) is 12.5 Å². The average molecular weight is 427 g/mol. The van der Waals surface area contributed by atoms with Gasteiger partial charge in [0, 0.05) is 25.4 Å². The molecule has 4 heterocycles. The van der Waals surface area contributed by atoms with Crippen LogP contribution in [0.5, 0.6) is 5.88 Å². The zero-order valence-corrected chi connectivity index (χ0v) is 16.1. The van der Waals surface area contributed by atoms with Crippen LogP contribution in [0.25, 0.3) is 16.9 Å². The van der Waals surface area contributed by atoms with Gasteiger partial charge in [0.2, 0.25) is 5.88 Å². The van der Waals surface area contributed by atoms with Gasteiger partial charge in [-0.1, -0.05) is 11.6 Å². The number of halogens is 1. The Balaban J connectivity index is 1.63. The minimum absolute atomic E-state index is 0.0443. The van der Waals surface area contributed by atoms with E-state index in [1.807, 2.05) is 0 Å². The molecule has 1 amide bonds. The zero-order valence-electron chi connectivity index (χ0n) is 15.4. The largest absolute Gasteiger partial charge is 0.464 e. The summed E-state index contributed by atoms with van der Waals surface area (Å²) in [6.45, 7) is -0.265. The molecule has 0 spiro atoms. The highest BCUT2D eigenvalue weighted by Gasteiger charge is 2.23. The molecule has 0 bridgehead atoms. The maximum Gasteiger partial charge on any atom is 0.266 e. The SMILES string of the molecule is O=C(Nc1ccncn1)[C@H](CCO)Oc1ncnc2c1cnn2-c1ncccc1Cl. The molecule has 0 aromatic carbocycles. The van der Waals surface area contributed by atoms with Crippen molar-refractivity contribution >= 4 is 34.4 Å². The summed E-state index contributed by atoms with van der Waals surface area (Å²) in [4.78, 5) is 32.9. The summed E-state index contributed by atoms with van der Waals surface area (Å²) < 4.78 is 7.26. The fourth-order valence-corrected chi connectivity index (χ4v) is 2.87. The summed E-state index contributed by atoms with van der Waals surface area (Å²) in [5.74, 6) is 0.350. The molecule has 4 aromatic rings. The van der Waals surface area contributed by atoms with Crippen LogP contribution in [-0.4, -0.2) is 58.4 Å². The van der Waals surface area contributed by atoms with E-state index >= 15 is 0 Å². The van der Waals surface area contributed by atoms with E-state index < -0.39 is 12.0 Å². The molecule has 12 heteroatoms. The number of anilines is 1. The van der Waals surface area contributed by atoms with Crippen molar-refractivity contribution in [2.75, 3.05) is 11.9 Å². The Morgan fingerprint density at radius 2 is 2.10 bits per heavy atom. The molecule has 0 saturated heterocycles. The normalized spacial score (nSPS) is 11.9. The predicted molar refractivity (Wildman–Crippen MR) is 106 cm³/mol. The molecule has 2 N–H and O–H groups in total. The van der Waals surface area contributed by atoms with Crippen molar-refractivity contribution in [3.63, 3.8) is 0 Å². The molecular weight excluding hydrogens is 412 g/mol. The van der Waals surface area contributed by atoms with E-state index in [2.05, 4.69) is 35.3 Å². The van der Waals surface area contributed by atoms with Crippen molar-refractivity contribution < 1.29 is 14.6 Å². The number of hydrogen-bond acceptors (Lipinski definition) is 9. The number of amides is 1. The maximum absolute atomic E-state index is 12.6. The van der Waals surface area contributed by atoms with Crippen molar-refractivity contribution in [1.29, 1.82) is 0 Å². The Bertz CT molecular complexity index is 1170. The third-order valence-electron chi connectivity index (χ3n) is 4.04. The number of ether oxygens (including phenoxy) is 1. The molecule has 4 rings (SSSR count). The molecule has 0 radical (unpaired) electrons. The van der Waals surface area contributed by atoms with Crippen molar-refractivity contribution in [3.8, 4) is 11.7 Å². The van der Waals surface area contributed by atoms with E-state index in [4.69, 9.17) is 16.3 Å². The first-order chi connectivity index (χ1) is 14.7. The zero-order chi connectivity index (χ0) is 20.9. The lowest BCUT2D eigenvalue weighted by Gasteiger charge is -2.17. The average Bonchev–Trinajstić information content (AvgIpc) is 3.19. The monoisotopic (exact) mass is 426 g/mol. The van der Waals surface area contributed by atoms with E-state index in [1.165, 1.54) is 35.8 Å². The van der Waals surface area contributed by atoms with Crippen LogP contribution in [0.15, 0.2) is 49.4 Å². The molecule has 0 aliphatic rings. The number of nitrogens with one attached hydrogen (secondary N) is 1. The van der Waals surface area contributed by atoms with Crippen LogP contribution in [0.2, 0.25) is 5.02 Å². The van der Waals surface area contributed by atoms with Gasteiger partial charge < -0.3 is 15.2 Å². The Kier molecular flexibility index (Phi) is 5.72. The number of aliphatic hydroxyl groups excluding tert-OH is 1. The van der Waals surface area contributed by atoms with E-state index in [0.717, 1.165) is 0 Å². The Morgan fingerprint density at radius 3 is 2.87 bits per heavy atom. The Morgan fingerprint density at radius 1 is 1.20 bits per heavy atom. The number of hydrogen-bond donors (Lipinski definition) is 2. The van der Waals surface area contributed by atoms with Gasteiger partial charge in [-0.2, -0.15) is 9.78 Å². The number of pyridine rings is 1. The molecular formula is C18H15ClN8O3. The van der Waals surface area contributed by atoms with Crippen LogP contribution >= 0.6 is 11.6 Å². The summed E-state index contributed by atoms with van der Waals surface area (Å²) in [6, 6.07) is 4.93. The molecule has 11 nitrogen and oxygen atoms in total. The van der Waals surface area contributed by atoms with Crippen molar-refractivity contribution in [1.82, 2.24) is 34.7 Å². The lowest BCUT2D eigenvalue weighted by atomic mass is 10.2. The van der Waals surface area contributed by atoms with Gasteiger partial charge in [0.25, 0.3) is 5.91 Å². The van der Waals surface area contributed by atoms with Gasteiger partial charge in [0.15, 0.2) is 17.6 Å². The molecule has 0 aliphatic heterocycles. The first-order valence-electron chi connectivity index (χ1n) is 8.81. The van der Waals surface area contributed by atoms with Crippen molar-refractivity contribution in [2.24, 2.45) is 0 Å². The molecule has 0 unspecified atom stereocenters. The quantitative estimate of drug-likeness (QED) is 0.448. The second-order valence-corrected chi connectivity index (χ2v) is 6.39. The first kappa shape index (κ1) is 19.6. The second kappa shape index (κ2) is 8.76. The van der Waals surface area contributed by atoms with Gasteiger partial charge in [0.1, 0.15) is 23.9 Å². The molecule has 0 saturated carbocycles. The highest BCUT2D eigenvalue weighted by molar-refractivity contribution is 6.32. The van der Waals surface area contributed by atoms with Gasteiger partial charge in [0.05, 0.1) is 11.2 Å². The predicted octanol–water partition coefficient (Wildman–Crippen LogP) is 1.42. The van der Waals surface area contributed by atoms with Crippen LogP contribution in [0.4, 0.5) is 5.82 Å². The molecule has 1 atom stereocenters. The van der Waals surface area contributed by atoms with E-state index in [1.54, 1.807) is 18.3 Å². The van der Waals surface area contributed by atoms with E-state index in [-0.39, 0.29) is 18.9 Å². The number of carbonyl (C=O) groups is 1. The number of aromatic nitrogens is 7. The van der Waals surface area contributed by atoms with Gasteiger partial charge in [-0.25, -0.2) is 24.9 Å². The minimum Gasteiger partial charge on any atom is -0.464 e. The maximum atomic E-state index is 12.6. The topological polar surface area (TPSA) is 141 Å². The number of carbonyl (C=O) groups excluding carboxylic acids is 1. The lowest BCUT2D eigenvalue weighted by molar-refractivity contribution is -0.123. The van der Waals surface area contributed by atoms with Crippen LogP contribution in [-0.2, 0) is 4.79 Å². The first-order valence-corrected chi connectivity index (χ1v) is 9.19. The van der Waals surface area contributed by atoms with Crippen LogP contribution in [0.1, 0.15) is 6.42 Å². The van der Waals surface area contributed by atoms with Crippen molar-refractivity contribution in [3.05, 3.63) is 54.5 Å². The molecule has 0 fully saturated rings. The van der Waals surface area contributed by atoms with Gasteiger partial charge >= 0.3 is 0 Å². The highest BCUT2D eigenvalue weighted by Crippen LogP contribution is 2.26. The number of rotatable bonds is 7. The fraction of sp³-hybridized carbons (Fsp3) is 0.167. The molecule has 152 valence electrons. The van der Waals surface area contributed by atoms with Gasteiger partial charge in [-0.05, 0) is 18.2 Å². The molecule has 0 aliphatic carbocycles. The smallest absolute Gasteiger partial charge is 0.266 e. The molecule has 4 aromatic heterocycles. The highest BCUT2D eigenvalue weighted by atomic mass is 35.5. The van der Waals surface area contributed by atoms with E-state index in [0.29, 0.717) is 27.7 Å². The lowest BCUT2D eigenvalue weighted by Crippen LogP contribution is -2.34. The number of nitrogens with zero attached hydrogens (tertiary/aromatic N) is 7. The standard InChI is InChI=1S/C18H15ClN8O3/c19-12-2-1-5-21-16(12)27-15-11(8-25-27)18(24-10-23-15)30-13(4-7-28)17(29)26-14-3-6-20-9-22-14/h1-3,5-6,8-10,13,28H,4,7H2,(H,20,22,26,29)/t13-/m0/s1. The summed E-state index contributed by atoms with van der Waals surface area (Å²) in [5, 5.41) is 17.1. The van der Waals surface area contributed by atoms with Gasteiger partial charge in [-0.15, -0.1) is 0 Å². The number of fused-ring (bicyclic) bond motifs is 1. The van der Waals surface area contributed by atoms with Crippen LogP contribution in [0.3, 0.4) is 0 Å². The summed E-state index contributed by atoms with van der Waals surface area (Å²) in [6.07, 6.45) is 6.19. The van der Waals surface area contributed by atoms with Gasteiger partial charge in [-0.3, -0.25) is 4.79 Å². The Hall–Kier alpha value is -3.70.